The zero-order valence-electron chi connectivity index (χ0n) is 7.26. The van der Waals surface area contributed by atoms with Crippen molar-refractivity contribution in [2.75, 3.05) is 24.7 Å². The molecule has 0 aliphatic heterocycles. The van der Waals surface area contributed by atoms with Gasteiger partial charge in [0.15, 0.2) is 0 Å². The molecule has 0 heterocycles. The number of nitrogen functional groups attached to an aromatic ring is 1. The number of benzene rings is 1. The molecule has 0 amide bonds. The van der Waals surface area contributed by atoms with Gasteiger partial charge in [0.05, 0.1) is 11.4 Å². The number of anilines is 2. The minimum atomic E-state index is 0.843. The van der Waals surface area contributed by atoms with Crippen LogP contribution in [0.2, 0.25) is 0 Å². The van der Waals surface area contributed by atoms with Crippen LogP contribution in [0.4, 0.5) is 11.4 Å². The van der Waals surface area contributed by atoms with Crippen LogP contribution in [0.3, 0.4) is 0 Å². The summed E-state index contributed by atoms with van der Waals surface area (Å²) >= 11 is 0. The number of hydrogen-bond donors (Lipinski definition) is 1. The summed E-state index contributed by atoms with van der Waals surface area (Å²) in [6, 6.07) is 6.08. The molecule has 0 bridgehead atoms. The van der Waals surface area contributed by atoms with Gasteiger partial charge in [0.25, 0.3) is 0 Å². The highest BCUT2D eigenvalue weighted by molar-refractivity contribution is 5.67. The van der Waals surface area contributed by atoms with Crippen LogP contribution >= 0.6 is 0 Å². The molecule has 1 aromatic carbocycles. The zero-order valence-corrected chi connectivity index (χ0v) is 7.26. The standard InChI is InChI=1S/C9H14N2/c1-7-4-5-9(11(2)3)8(10)6-7/h4-6H,10H2,1-3H3. The molecule has 0 saturated heterocycles. The van der Waals surface area contributed by atoms with Crippen molar-refractivity contribution in [2.45, 2.75) is 6.92 Å². The summed E-state index contributed by atoms with van der Waals surface area (Å²) in [5, 5.41) is 0. The van der Waals surface area contributed by atoms with Gasteiger partial charge in [0, 0.05) is 14.1 Å². The van der Waals surface area contributed by atoms with Crippen molar-refractivity contribution in [1.82, 2.24) is 0 Å². The van der Waals surface area contributed by atoms with Crippen LogP contribution in [0.25, 0.3) is 0 Å². The van der Waals surface area contributed by atoms with Crippen molar-refractivity contribution >= 4 is 11.4 Å². The Labute approximate surface area is 67.6 Å². The van der Waals surface area contributed by atoms with Gasteiger partial charge >= 0.3 is 0 Å². The van der Waals surface area contributed by atoms with E-state index < -0.39 is 0 Å². The molecule has 0 radical (unpaired) electrons. The lowest BCUT2D eigenvalue weighted by atomic mass is 10.2. The summed E-state index contributed by atoms with van der Waals surface area (Å²) in [4.78, 5) is 2.01. The third-order valence-corrected chi connectivity index (χ3v) is 1.66. The van der Waals surface area contributed by atoms with Crippen molar-refractivity contribution < 1.29 is 0 Å². The van der Waals surface area contributed by atoms with E-state index in [4.69, 9.17) is 5.73 Å². The van der Waals surface area contributed by atoms with Gasteiger partial charge in [-0.1, -0.05) is 6.07 Å². The lowest BCUT2D eigenvalue weighted by Crippen LogP contribution is -2.10. The van der Waals surface area contributed by atoms with Crippen LogP contribution in [-0.4, -0.2) is 14.1 Å². The maximum atomic E-state index is 5.78. The summed E-state index contributed by atoms with van der Waals surface area (Å²) < 4.78 is 0. The van der Waals surface area contributed by atoms with E-state index in [0.717, 1.165) is 11.4 Å². The van der Waals surface area contributed by atoms with Crippen molar-refractivity contribution in [1.29, 1.82) is 0 Å². The van der Waals surface area contributed by atoms with Crippen LogP contribution in [0.1, 0.15) is 5.56 Å². The predicted molar refractivity (Wildman–Crippen MR) is 49.9 cm³/mol. The highest BCUT2D eigenvalue weighted by atomic mass is 15.1. The SMILES string of the molecule is Cc1ccc(N(C)C)c(N)c1. The van der Waals surface area contributed by atoms with E-state index in [0.29, 0.717) is 0 Å². The van der Waals surface area contributed by atoms with Crippen LogP contribution < -0.4 is 10.6 Å². The van der Waals surface area contributed by atoms with Gasteiger partial charge in [-0.3, -0.25) is 0 Å². The van der Waals surface area contributed by atoms with Crippen LogP contribution in [0, 0.1) is 6.92 Å². The van der Waals surface area contributed by atoms with Gasteiger partial charge in [-0.05, 0) is 24.6 Å². The van der Waals surface area contributed by atoms with Gasteiger partial charge in [-0.25, -0.2) is 0 Å². The first-order valence-corrected chi connectivity index (χ1v) is 3.64. The molecule has 1 rings (SSSR count). The fourth-order valence-electron chi connectivity index (χ4n) is 1.08. The van der Waals surface area contributed by atoms with Crippen molar-refractivity contribution in [3.63, 3.8) is 0 Å². The minimum absolute atomic E-state index is 0.843. The lowest BCUT2D eigenvalue weighted by molar-refractivity contribution is 1.13. The molecule has 0 spiro atoms. The first kappa shape index (κ1) is 7.92. The van der Waals surface area contributed by atoms with Crippen LogP contribution in [-0.2, 0) is 0 Å². The van der Waals surface area contributed by atoms with Gasteiger partial charge < -0.3 is 10.6 Å². The maximum absolute atomic E-state index is 5.78. The minimum Gasteiger partial charge on any atom is -0.397 e. The van der Waals surface area contributed by atoms with E-state index in [9.17, 15) is 0 Å². The summed E-state index contributed by atoms with van der Waals surface area (Å²) in [5.41, 5.74) is 8.90. The Hall–Kier alpha value is -1.18. The molecule has 0 saturated carbocycles. The molecule has 11 heavy (non-hydrogen) atoms. The van der Waals surface area contributed by atoms with Crippen molar-refractivity contribution in [2.24, 2.45) is 0 Å². The largest absolute Gasteiger partial charge is 0.397 e. The second-order valence-corrected chi connectivity index (χ2v) is 2.96. The number of rotatable bonds is 1. The van der Waals surface area contributed by atoms with E-state index >= 15 is 0 Å². The van der Waals surface area contributed by atoms with E-state index in [-0.39, 0.29) is 0 Å². The summed E-state index contributed by atoms with van der Waals surface area (Å²) in [6.07, 6.45) is 0. The molecule has 2 nitrogen and oxygen atoms in total. The fraction of sp³-hybridized carbons (Fsp3) is 0.333. The molecule has 60 valence electrons. The second kappa shape index (κ2) is 2.82. The number of hydrogen-bond acceptors (Lipinski definition) is 2. The summed E-state index contributed by atoms with van der Waals surface area (Å²) in [6.45, 7) is 2.04. The Balaban J connectivity index is 3.09. The molecule has 0 fully saturated rings. The van der Waals surface area contributed by atoms with Crippen molar-refractivity contribution in [3.05, 3.63) is 23.8 Å². The molecule has 0 unspecified atom stereocenters. The molecule has 2 heteroatoms. The molecule has 0 atom stereocenters. The molecule has 1 aromatic rings. The summed E-state index contributed by atoms with van der Waals surface area (Å²) in [5.74, 6) is 0. The van der Waals surface area contributed by atoms with E-state index in [1.807, 2.05) is 38.1 Å². The van der Waals surface area contributed by atoms with E-state index in [1.165, 1.54) is 5.56 Å². The molecule has 0 aliphatic carbocycles. The number of aryl methyl sites for hydroxylation is 1. The van der Waals surface area contributed by atoms with Crippen molar-refractivity contribution in [3.8, 4) is 0 Å². The third kappa shape index (κ3) is 1.64. The smallest absolute Gasteiger partial charge is 0.0594 e. The Bertz CT molecular complexity index is 254. The average Bonchev–Trinajstić information content (AvgIpc) is 1.85. The Morgan fingerprint density at radius 3 is 2.36 bits per heavy atom. The monoisotopic (exact) mass is 150 g/mol. The number of nitrogens with two attached hydrogens (primary N) is 1. The van der Waals surface area contributed by atoms with Gasteiger partial charge in [-0.15, -0.1) is 0 Å². The van der Waals surface area contributed by atoms with E-state index in [2.05, 4.69) is 6.07 Å². The molecular weight excluding hydrogens is 136 g/mol. The summed E-state index contributed by atoms with van der Waals surface area (Å²) in [7, 11) is 3.97. The normalized spacial score (nSPS) is 9.73. The molecule has 0 aromatic heterocycles. The molecular formula is C9H14N2. The molecule has 2 N–H and O–H groups in total. The second-order valence-electron chi connectivity index (χ2n) is 2.96. The van der Waals surface area contributed by atoms with Gasteiger partial charge in [-0.2, -0.15) is 0 Å². The highest BCUT2D eigenvalue weighted by Crippen LogP contribution is 2.21. The Morgan fingerprint density at radius 1 is 1.27 bits per heavy atom. The first-order chi connectivity index (χ1) is 5.11. The Kier molecular flexibility index (Phi) is 2.03. The zero-order chi connectivity index (χ0) is 8.43. The quantitative estimate of drug-likeness (QED) is 0.617. The van der Waals surface area contributed by atoms with Crippen LogP contribution in [0.5, 0.6) is 0 Å². The maximum Gasteiger partial charge on any atom is 0.0594 e. The lowest BCUT2D eigenvalue weighted by Gasteiger charge is -2.14. The van der Waals surface area contributed by atoms with Crippen LogP contribution in [0.15, 0.2) is 18.2 Å². The fourth-order valence-corrected chi connectivity index (χ4v) is 1.08. The highest BCUT2D eigenvalue weighted by Gasteiger charge is 1.99. The Morgan fingerprint density at radius 2 is 1.91 bits per heavy atom. The average molecular weight is 150 g/mol. The number of nitrogens with zero attached hydrogens (tertiary/aromatic N) is 1. The van der Waals surface area contributed by atoms with Gasteiger partial charge in [0.1, 0.15) is 0 Å². The topological polar surface area (TPSA) is 29.3 Å². The van der Waals surface area contributed by atoms with E-state index in [1.54, 1.807) is 0 Å². The first-order valence-electron chi connectivity index (χ1n) is 3.64. The predicted octanol–water partition coefficient (Wildman–Crippen LogP) is 1.64. The van der Waals surface area contributed by atoms with Gasteiger partial charge in [0.2, 0.25) is 0 Å². The third-order valence-electron chi connectivity index (χ3n) is 1.66. The molecule has 0 aliphatic rings.